The van der Waals surface area contributed by atoms with Crippen LogP contribution < -0.4 is 20.5 Å². The monoisotopic (exact) mass is 561 g/mol. The number of hydrogen-bond acceptors (Lipinski definition) is 12. The molecule has 1 saturated heterocycles. The molecule has 0 radical (unpaired) electrons. The minimum atomic E-state index is -1.30. The lowest BCUT2D eigenvalue weighted by atomic mass is 10.1. The Morgan fingerprint density at radius 1 is 1.20 bits per heavy atom. The number of nitrogens with one attached hydrogen (secondary N) is 1. The molecule has 2 aromatic heterocycles. The number of phenolic OH excluding ortho intramolecular Hbond substituents is 1. The van der Waals surface area contributed by atoms with Crippen LogP contribution in [-0.4, -0.2) is 61.9 Å². The van der Waals surface area contributed by atoms with Crippen molar-refractivity contribution in [2.45, 2.75) is 13.5 Å². The average Bonchev–Trinajstić information content (AvgIpc) is 3.31. The molecule has 1 fully saturated rings. The summed E-state index contributed by atoms with van der Waals surface area (Å²) >= 11 is 0. The Morgan fingerprint density at radius 2 is 1.85 bits per heavy atom. The third kappa shape index (κ3) is 4.89. The predicted molar refractivity (Wildman–Crippen MR) is 134 cm³/mol. The number of halogens is 1. The molecule has 0 spiro atoms. The van der Waals surface area contributed by atoms with Gasteiger partial charge in [0, 0.05) is 44.3 Å². The van der Waals surface area contributed by atoms with Gasteiger partial charge in [0.15, 0.2) is 0 Å². The number of aryl methyl sites for hydroxylation is 1. The van der Waals surface area contributed by atoms with Gasteiger partial charge in [0.05, 0.1) is 26.2 Å². The van der Waals surface area contributed by atoms with Crippen LogP contribution in [0.25, 0.3) is 21.9 Å². The number of piperazine rings is 1. The highest BCUT2D eigenvalue weighted by Crippen LogP contribution is 2.37. The molecule has 40 heavy (non-hydrogen) atoms. The maximum Gasteiger partial charge on any atom is 0.341 e. The van der Waals surface area contributed by atoms with E-state index in [1.54, 1.807) is 10.6 Å². The number of aromatic hydroxyl groups is 1. The molecular weight excluding hydrogens is 541 g/mol. The molecule has 210 valence electrons. The van der Waals surface area contributed by atoms with E-state index in [4.69, 9.17) is 5.11 Å². The molecule has 0 unspecified atom stereocenters. The second-order valence-corrected chi connectivity index (χ2v) is 8.43. The summed E-state index contributed by atoms with van der Waals surface area (Å²) < 4.78 is 20.2. The maximum atomic E-state index is 14.5. The first-order valence-electron chi connectivity index (χ1n) is 11.6. The molecule has 18 heteroatoms. The number of pyridine rings is 1. The molecule has 3 N–H and O–H groups in total. The first-order valence-corrected chi connectivity index (χ1v) is 11.6. The number of benzene rings is 2. The lowest BCUT2D eigenvalue weighted by molar-refractivity contribution is -0.782. The lowest BCUT2D eigenvalue weighted by Gasteiger charge is -2.30. The third-order valence-corrected chi connectivity index (χ3v) is 6.17. The van der Waals surface area contributed by atoms with Crippen molar-refractivity contribution in [3.05, 3.63) is 71.4 Å². The molecule has 1 aliphatic rings. The van der Waals surface area contributed by atoms with E-state index in [1.807, 2.05) is 11.8 Å². The number of hydrogen-bond donors (Lipinski definition) is 3. The maximum absolute atomic E-state index is 14.5. The summed E-state index contributed by atoms with van der Waals surface area (Å²) in [5.74, 6) is -2.83. The standard InChI is InChI=1S/C16H18FN3O3.C6H2N4O7/c1-2-19-9-11(16(22)23)15(21)10-7-12(17)14(8-13(10)19)20-5-3-18-4-6-20;11-6-3(9(14)15)1-2(8(12)13)4-5(6)10(16)17-7-4/h7-9,18H,2-6H2,1H3,(H,22,23);1,11H. The van der Waals surface area contributed by atoms with Crippen LogP contribution in [0.4, 0.5) is 21.5 Å². The summed E-state index contributed by atoms with van der Waals surface area (Å²) in [7, 11) is 0. The number of non-ortho nitro benzene ring substituents is 1. The van der Waals surface area contributed by atoms with Gasteiger partial charge in [-0.25, -0.2) is 9.18 Å². The van der Waals surface area contributed by atoms with Crippen LogP contribution in [0, 0.1) is 31.3 Å². The van der Waals surface area contributed by atoms with E-state index in [0.29, 0.717) is 36.9 Å². The Kier molecular flexibility index (Phi) is 7.44. The highest BCUT2D eigenvalue weighted by molar-refractivity contribution is 5.93. The number of fused-ring (bicyclic) bond motifs is 2. The van der Waals surface area contributed by atoms with Crippen molar-refractivity contribution in [1.29, 1.82) is 0 Å². The number of rotatable bonds is 5. The Morgan fingerprint density at radius 3 is 2.42 bits per heavy atom. The van der Waals surface area contributed by atoms with Gasteiger partial charge in [-0.2, -0.15) is 0 Å². The number of anilines is 1. The molecule has 0 amide bonds. The summed E-state index contributed by atoms with van der Waals surface area (Å²) in [5, 5.41) is 57.1. The van der Waals surface area contributed by atoms with Crippen molar-refractivity contribution >= 4 is 45.0 Å². The van der Waals surface area contributed by atoms with E-state index in [9.17, 15) is 44.5 Å². The van der Waals surface area contributed by atoms with Gasteiger partial charge < -0.3 is 30.2 Å². The highest BCUT2D eigenvalue weighted by Gasteiger charge is 2.34. The first-order chi connectivity index (χ1) is 19.0. The van der Waals surface area contributed by atoms with Gasteiger partial charge in [0.1, 0.15) is 17.4 Å². The number of aromatic nitrogens is 3. The smallest absolute Gasteiger partial charge is 0.341 e. The van der Waals surface area contributed by atoms with Gasteiger partial charge in [0.2, 0.25) is 5.43 Å². The Hall–Kier alpha value is -5.39. The van der Waals surface area contributed by atoms with Gasteiger partial charge in [0.25, 0.3) is 11.3 Å². The number of nitrogens with zero attached hydrogens (tertiary/aromatic N) is 6. The van der Waals surface area contributed by atoms with E-state index >= 15 is 0 Å². The molecule has 17 nitrogen and oxygen atoms in total. The second-order valence-electron chi connectivity index (χ2n) is 8.43. The number of carbonyl (C=O) groups is 1. The SMILES string of the molecule is CCn1cc(C(=O)O)c(=O)c2cc(F)c(N3CCNCC3)cc21.O=[N+]([O-])c1cc([N+](=O)[O-])c2no[n+]([O-])c2c1O. The number of nitro benzene ring substituents is 2. The lowest BCUT2D eigenvalue weighted by Crippen LogP contribution is -2.43. The fourth-order valence-electron chi connectivity index (χ4n) is 4.24. The molecule has 0 atom stereocenters. The molecule has 4 aromatic rings. The number of carboxylic acid groups (broad SMARTS) is 1. The van der Waals surface area contributed by atoms with Crippen molar-refractivity contribution in [2.75, 3.05) is 31.1 Å². The Balaban J connectivity index is 0.000000194. The molecule has 0 saturated carbocycles. The zero-order chi connectivity index (χ0) is 29.3. The predicted octanol–water partition coefficient (Wildman–Crippen LogP) is 1.25. The van der Waals surface area contributed by atoms with Crippen LogP contribution in [-0.2, 0) is 6.54 Å². The molecule has 3 heterocycles. The molecule has 0 bridgehead atoms. The largest absolute Gasteiger partial charge is 0.499 e. The van der Waals surface area contributed by atoms with Crippen molar-refractivity contribution in [3.63, 3.8) is 0 Å². The summed E-state index contributed by atoms with van der Waals surface area (Å²) in [6.07, 6.45) is 1.33. The van der Waals surface area contributed by atoms with E-state index in [0.717, 1.165) is 19.2 Å². The minimum Gasteiger partial charge on any atom is -0.499 e. The normalized spacial score (nSPS) is 13.2. The van der Waals surface area contributed by atoms with E-state index in [-0.39, 0.29) is 15.9 Å². The fourth-order valence-corrected chi connectivity index (χ4v) is 4.24. The molecular formula is C22H20FN7O10. The highest BCUT2D eigenvalue weighted by atomic mass is 19.1. The molecule has 2 aromatic carbocycles. The summed E-state index contributed by atoms with van der Waals surface area (Å²) in [6, 6.07) is 3.31. The van der Waals surface area contributed by atoms with Crippen molar-refractivity contribution in [1.82, 2.24) is 15.0 Å². The Bertz CT molecular complexity index is 1730. The topological polar surface area (TPSA) is 234 Å². The van der Waals surface area contributed by atoms with Gasteiger partial charge in [-0.3, -0.25) is 29.7 Å². The van der Waals surface area contributed by atoms with Crippen LogP contribution in [0.5, 0.6) is 5.75 Å². The zero-order valence-electron chi connectivity index (χ0n) is 20.6. The van der Waals surface area contributed by atoms with Crippen molar-refractivity contribution in [2.24, 2.45) is 0 Å². The van der Waals surface area contributed by atoms with Crippen LogP contribution in [0.15, 0.2) is 33.8 Å². The summed E-state index contributed by atoms with van der Waals surface area (Å²) in [4.78, 5) is 44.2. The number of nitro groups is 2. The fraction of sp³-hybridized carbons (Fsp3) is 0.273. The van der Waals surface area contributed by atoms with Gasteiger partial charge in [-0.1, -0.05) is 0 Å². The zero-order valence-corrected chi connectivity index (χ0v) is 20.6. The van der Waals surface area contributed by atoms with Crippen LogP contribution in [0.3, 0.4) is 0 Å². The van der Waals surface area contributed by atoms with Crippen molar-refractivity contribution in [3.8, 4) is 5.75 Å². The number of aromatic carboxylic acids is 1. The van der Waals surface area contributed by atoms with E-state index in [1.165, 1.54) is 6.20 Å². The minimum absolute atomic E-state index is 0.100. The van der Waals surface area contributed by atoms with Gasteiger partial charge in [-0.05, 0) is 24.0 Å². The number of phenols is 1. The average molecular weight is 561 g/mol. The molecule has 1 aliphatic heterocycles. The second kappa shape index (κ2) is 10.8. The van der Waals surface area contributed by atoms with Crippen LogP contribution in [0.2, 0.25) is 0 Å². The van der Waals surface area contributed by atoms with Crippen LogP contribution in [0.1, 0.15) is 17.3 Å². The van der Waals surface area contributed by atoms with Crippen molar-refractivity contribution < 1.29 is 38.8 Å². The van der Waals surface area contributed by atoms with Gasteiger partial charge >= 0.3 is 22.9 Å². The van der Waals surface area contributed by atoms with Crippen LogP contribution >= 0.6 is 0 Å². The Labute approximate surface area is 221 Å². The molecule has 0 aliphatic carbocycles. The molecule has 5 rings (SSSR count). The van der Waals surface area contributed by atoms with Gasteiger partial charge in [-0.15, -0.1) is 0 Å². The number of carboxylic acids is 1. The quantitative estimate of drug-likeness (QED) is 0.177. The summed E-state index contributed by atoms with van der Waals surface area (Å²) in [6.45, 7) is 5.26. The van der Waals surface area contributed by atoms with E-state index in [2.05, 4.69) is 15.1 Å². The summed E-state index contributed by atoms with van der Waals surface area (Å²) in [5.41, 5.74) is -3.09. The third-order valence-electron chi connectivity index (χ3n) is 6.17. The first kappa shape index (κ1) is 27.6. The van der Waals surface area contributed by atoms with E-state index < -0.39 is 55.2 Å².